The Morgan fingerprint density at radius 1 is 1.23 bits per heavy atom. The van der Waals surface area contributed by atoms with Gasteiger partial charge in [-0.05, 0) is 50.6 Å². The molecule has 0 radical (unpaired) electrons. The van der Waals surface area contributed by atoms with E-state index < -0.39 is 0 Å². The van der Waals surface area contributed by atoms with Gasteiger partial charge in [0, 0.05) is 57.9 Å². The lowest BCUT2D eigenvalue weighted by molar-refractivity contribution is -0.133. The molecule has 2 fully saturated rings. The number of methoxy groups -OCH3 is 1. The van der Waals surface area contributed by atoms with Gasteiger partial charge < -0.3 is 24.0 Å². The summed E-state index contributed by atoms with van der Waals surface area (Å²) < 4.78 is 24.5. The van der Waals surface area contributed by atoms with Crippen LogP contribution in [0.1, 0.15) is 24.8 Å². The molecular weight excluding hydrogens is 399 g/mol. The second kappa shape index (κ2) is 9.78. The predicted octanol–water partition coefficient (Wildman–Crippen LogP) is 3.01. The van der Waals surface area contributed by atoms with Crippen molar-refractivity contribution in [1.82, 2.24) is 15.0 Å². The minimum Gasteiger partial charge on any atom is -0.385 e. The molecule has 0 N–H and O–H groups in total. The third-order valence-electron chi connectivity index (χ3n) is 6.04. The second-order valence-corrected chi connectivity index (χ2v) is 8.49. The van der Waals surface area contributed by atoms with Crippen molar-refractivity contribution in [1.29, 1.82) is 0 Å². The van der Waals surface area contributed by atoms with Gasteiger partial charge in [-0.25, -0.2) is 4.39 Å². The number of hydrogen-bond donors (Lipinski definition) is 0. The molecule has 4 rings (SSSR count). The van der Waals surface area contributed by atoms with E-state index in [-0.39, 0.29) is 17.6 Å². The fourth-order valence-electron chi connectivity index (χ4n) is 3.98. The number of hydrogen-bond acceptors (Lipinski definition) is 6. The van der Waals surface area contributed by atoms with Gasteiger partial charge in [0.25, 0.3) is 0 Å². The summed E-state index contributed by atoms with van der Waals surface area (Å²) in [5, 5.41) is 4.36. The van der Waals surface area contributed by atoms with Gasteiger partial charge in [-0.1, -0.05) is 5.16 Å². The third-order valence-corrected chi connectivity index (χ3v) is 6.04. The molecule has 1 aromatic carbocycles. The van der Waals surface area contributed by atoms with Crippen molar-refractivity contribution < 1.29 is 18.4 Å². The Morgan fingerprint density at radius 2 is 1.94 bits per heavy atom. The highest BCUT2D eigenvalue weighted by molar-refractivity contribution is 5.81. The largest absolute Gasteiger partial charge is 0.385 e. The Morgan fingerprint density at radius 3 is 2.58 bits per heavy atom. The molecule has 7 nitrogen and oxygen atoms in total. The lowest BCUT2D eigenvalue weighted by Gasteiger charge is -2.33. The molecule has 168 valence electrons. The normalized spacial score (nSPS) is 17.2. The van der Waals surface area contributed by atoms with Crippen molar-refractivity contribution >= 4 is 11.8 Å². The molecule has 1 saturated carbocycles. The van der Waals surface area contributed by atoms with Gasteiger partial charge in [-0.3, -0.25) is 4.79 Å². The van der Waals surface area contributed by atoms with E-state index in [0.717, 1.165) is 56.6 Å². The lowest BCUT2D eigenvalue weighted by Crippen LogP contribution is -2.45. The molecule has 1 aliphatic heterocycles. The topological polar surface area (TPSA) is 62.1 Å². The Labute approximate surface area is 182 Å². The average Bonchev–Trinajstić information content (AvgIpc) is 3.55. The van der Waals surface area contributed by atoms with Crippen LogP contribution in [0.3, 0.4) is 0 Å². The Hall–Kier alpha value is -2.45. The number of benzene rings is 1. The van der Waals surface area contributed by atoms with Gasteiger partial charge >= 0.3 is 0 Å². The summed E-state index contributed by atoms with van der Waals surface area (Å²) >= 11 is 0. The smallest absolute Gasteiger partial charge is 0.232 e. The summed E-state index contributed by atoms with van der Waals surface area (Å²) in [5.74, 6) is 0.737. The zero-order valence-electron chi connectivity index (χ0n) is 18.3. The number of ether oxygens (including phenoxy) is 1. The van der Waals surface area contributed by atoms with Gasteiger partial charge in [0.2, 0.25) is 11.8 Å². The van der Waals surface area contributed by atoms with E-state index in [2.05, 4.69) is 22.0 Å². The predicted molar refractivity (Wildman–Crippen MR) is 116 cm³/mol. The van der Waals surface area contributed by atoms with Crippen molar-refractivity contribution in [3.63, 3.8) is 0 Å². The number of nitrogens with zero attached hydrogens (tertiary/aromatic N) is 4. The molecule has 0 spiro atoms. The van der Waals surface area contributed by atoms with E-state index in [9.17, 15) is 9.18 Å². The fourth-order valence-corrected chi connectivity index (χ4v) is 3.98. The van der Waals surface area contributed by atoms with E-state index in [1.54, 1.807) is 19.2 Å². The van der Waals surface area contributed by atoms with E-state index in [1.807, 2.05) is 4.90 Å². The molecule has 1 aromatic heterocycles. The maximum absolute atomic E-state index is 13.5. The first-order valence-corrected chi connectivity index (χ1v) is 11.0. The molecule has 0 unspecified atom stereocenters. The van der Waals surface area contributed by atoms with Crippen molar-refractivity contribution in [3.05, 3.63) is 35.6 Å². The number of likely N-dealkylation sites (N-methyl/N-ethyl adjacent to an activating group) is 1. The van der Waals surface area contributed by atoms with Crippen molar-refractivity contribution in [2.24, 2.45) is 5.92 Å². The molecule has 8 heteroatoms. The quantitative estimate of drug-likeness (QED) is 0.570. The Kier molecular flexibility index (Phi) is 6.87. The first-order chi connectivity index (χ1) is 15.1. The summed E-state index contributed by atoms with van der Waals surface area (Å²) in [7, 11) is 3.78. The number of halogens is 1. The monoisotopic (exact) mass is 430 g/mol. The third kappa shape index (κ3) is 5.25. The molecule has 31 heavy (non-hydrogen) atoms. The summed E-state index contributed by atoms with van der Waals surface area (Å²) in [5.41, 5.74) is 2.35. The van der Waals surface area contributed by atoms with E-state index in [1.165, 1.54) is 12.1 Å². The first-order valence-electron chi connectivity index (χ1n) is 11.0. The molecule has 0 atom stereocenters. The zero-order chi connectivity index (χ0) is 21.8. The van der Waals surface area contributed by atoms with Crippen LogP contribution in [0, 0.1) is 11.7 Å². The molecule has 2 aliphatic rings. The number of anilines is 1. The standard InChI is InChI=1S/C23H31FN4O3/c1-26-11-13-27(14-12-26)23-20(21(25-31-23)17-6-8-19(24)9-7-17)16-28(10-3-15-30-2)22(29)18-4-5-18/h6-9,18H,3-5,10-16H2,1-2H3. The SMILES string of the molecule is COCCCN(Cc1c(-c2ccc(F)cc2)noc1N1CCN(C)CC1)C(=O)C1CC1. The summed E-state index contributed by atoms with van der Waals surface area (Å²) in [4.78, 5) is 19.4. The van der Waals surface area contributed by atoms with Crippen LogP contribution in [0.5, 0.6) is 0 Å². The van der Waals surface area contributed by atoms with Gasteiger partial charge in [0.15, 0.2) is 0 Å². The number of amides is 1. The first kappa shape index (κ1) is 21.8. The van der Waals surface area contributed by atoms with E-state index in [0.29, 0.717) is 31.3 Å². The van der Waals surface area contributed by atoms with Crippen LogP contribution < -0.4 is 4.90 Å². The number of carbonyl (C=O) groups excluding carboxylic acids is 1. The minimum absolute atomic E-state index is 0.128. The van der Waals surface area contributed by atoms with Crippen LogP contribution in [-0.4, -0.2) is 74.4 Å². The van der Waals surface area contributed by atoms with E-state index in [4.69, 9.17) is 9.26 Å². The number of piperazine rings is 1. The van der Waals surface area contributed by atoms with Crippen LogP contribution >= 0.6 is 0 Å². The summed E-state index contributed by atoms with van der Waals surface area (Å²) in [6.45, 7) is 5.20. The van der Waals surface area contributed by atoms with Crippen molar-refractivity contribution in [3.8, 4) is 11.3 Å². The molecule has 1 amide bonds. The lowest BCUT2D eigenvalue weighted by atomic mass is 10.1. The minimum atomic E-state index is -0.293. The van der Waals surface area contributed by atoms with Crippen molar-refractivity contribution in [2.45, 2.75) is 25.8 Å². The molecule has 2 aromatic rings. The fraction of sp³-hybridized carbons (Fsp3) is 0.565. The highest BCUT2D eigenvalue weighted by atomic mass is 19.1. The van der Waals surface area contributed by atoms with Crippen LogP contribution in [0.2, 0.25) is 0 Å². The summed E-state index contributed by atoms with van der Waals surface area (Å²) in [6.07, 6.45) is 2.69. The van der Waals surface area contributed by atoms with Crippen molar-refractivity contribution in [2.75, 3.05) is 58.4 Å². The molecule has 1 saturated heterocycles. The highest BCUT2D eigenvalue weighted by Gasteiger charge is 2.35. The average molecular weight is 431 g/mol. The number of aromatic nitrogens is 1. The van der Waals surface area contributed by atoms with Crippen LogP contribution in [-0.2, 0) is 16.1 Å². The summed E-state index contributed by atoms with van der Waals surface area (Å²) in [6, 6.07) is 6.27. The Balaban J connectivity index is 1.65. The van der Waals surface area contributed by atoms with Gasteiger partial charge in [0.1, 0.15) is 11.5 Å². The van der Waals surface area contributed by atoms with Gasteiger partial charge in [-0.2, -0.15) is 0 Å². The van der Waals surface area contributed by atoms with Gasteiger partial charge in [0.05, 0.1) is 12.1 Å². The van der Waals surface area contributed by atoms with Crippen LogP contribution in [0.25, 0.3) is 11.3 Å². The van der Waals surface area contributed by atoms with Crippen LogP contribution in [0.15, 0.2) is 28.8 Å². The zero-order valence-corrected chi connectivity index (χ0v) is 18.3. The molecule has 0 bridgehead atoms. The number of carbonyl (C=O) groups is 1. The maximum atomic E-state index is 13.5. The molecule has 2 heterocycles. The Bertz CT molecular complexity index is 873. The second-order valence-electron chi connectivity index (χ2n) is 8.49. The molecule has 1 aliphatic carbocycles. The number of rotatable bonds is 9. The highest BCUT2D eigenvalue weighted by Crippen LogP contribution is 2.36. The van der Waals surface area contributed by atoms with E-state index >= 15 is 0 Å². The van der Waals surface area contributed by atoms with Crippen LogP contribution in [0.4, 0.5) is 10.3 Å². The van der Waals surface area contributed by atoms with Gasteiger partial charge in [-0.15, -0.1) is 0 Å². The maximum Gasteiger partial charge on any atom is 0.232 e. The molecular formula is C23H31FN4O3.